The van der Waals surface area contributed by atoms with Gasteiger partial charge in [-0.25, -0.2) is 9.97 Å². The molecule has 0 amide bonds. The number of fused-ring (bicyclic) bond motifs is 1. The second-order valence-electron chi connectivity index (χ2n) is 6.82. The monoisotopic (exact) mass is 393 g/mol. The second kappa shape index (κ2) is 7.93. The number of hydrogen-bond donors (Lipinski definition) is 1. The van der Waals surface area contributed by atoms with Crippen LogP contribution in [0.2, 0.25) is 0 Å². The molecule has 1 aliphatic heterocycles. The zero-order valence-corrected chi connectivity index (χ0v) is 16.5. The van der Waals surface area contributed by atoms with Crippen molar-refractivity contribution in [3.05, 3.63) is 22.6 Å². The van der Waals surface area contributed by atoms with Crippen molar-refractivity contribution in [3.8, 4) is 0 Å². The van der Waals surface area contributed by atoms with E-state index in [9.17, 15) is 0 Å². The largest absolute Gasteiger partial charge is 0.315 e. The Morgan fingerprint density at radius 2 is 2.25 bits per heavy atom. The van der Waals surface area contributed by atoms with Gasteiger partial charge in [0.1, 0.15) is 11.3 Å². The van der Waals surface area contributed by atoms with Crippen molar-refractivity contribution in [3.63, 3.8) is 0 Å². The van der Waals surface area contributed by atoms with Gasteiger partial charge in [-0.3, -0.25) is 4.90 Å². The predicted molar refractivity (Wildman–Crippen MR) is 102 cm³/mol. The maximum atomic E-state index is 5.00. The van der Waals surface area contributed by atoms with Crippen LogP contribution in [0.15, 0.2) is 16.7 Å². The van der Waals surface area contributed by atoms with E-state index in [0.29, 0.717) is 12.0 Å². The molecule has 5 nitrogen and oxygen atoms in total. The van der Waals surface area contributed by atoms with Crippen LogP contribution < -0.4 is 5.32 Å². The Morgan fingerprint density at radius 3 is 3.00 bits per heavy atom. The smallest absolute Gasteiger partial charge is 0.160 e. The van der Waals surface area contributed by atoms with Crippen molar-refractivity contribution < 1.29 is 0 Å². The number of aryl methyl sites for hydroxylation is 1. The third-order valence-corrected chi connectivity index (χ3v) is 5.25. The van der Waals surface area contributed by atoms with Gasteiger partial charge >= 0.3 is 0 Å². The first-order valence-corrected chi connectivity index (χ1v) is 9.89. The highest BCUT2D eigenvalue weighted by Gasteiger charge is 2.27. The van der Waals surface area contributed by atoms with Crippen LogP contribution in [0.3, 0.4) is 0 Å². The highest BCUT2D eigenvalue weighted by molar-refractivity contribution is 9.10. The number of imidazole rings is 1. The summed E-state index contributed by atoms with van der Waals surface area (Å²) in [5.41, 5.74) is 1.99. The lowest BCUT2D eigenvalue weighted by Gasteiger charge is -2.31. The molecule has 1 aliphatic rings. The van der Waals surface area contributed by atoms with E-state index in [4.69, 9.17) is 4.98 Å². The fraction of sp³-hybridized carbons (Fsp3) is 0.667. The molecule has 132 valence electrons. The minimum atomic E-state index is 0.366. The van der Waals surface area contributed by atoms with Gasteiger partial charge in [0, 0.05) is 36.8 Å². The molecule has 1 fully saturated rings. The topological polar surface area (TPSA) is 46.0 Å². The molecule has 0 radical (unpaired) electrons. The molecule has 2 aromatic rings. The third kappa shape index (κ3) is 3.65. The molecule has 3 heterocycles. The molecule has 0 unspecified atom stereocenters. The highest BCUT2D eigenvalue weighted by Crippen LogP contribution is 2.29. The lowest BCUT2D eigenvalue weighted by molar-refractivity contribution is 0.170. The lowest BCUT2D eigenvalue weighted by Crippen LogP contribution is -2.35. The molecular formula is C18H28BrN5. The highest BCUT2D eigenvalue weighted by atomic mass is 79.9. The number of pyridine rings is 1. The SMILES string of the molecule is CCC[C@@H](c1nc2cc(Br)cnc2n1CC)N1CCNC[C@H](C)C1. The van der Waals surface area contributed by atoms with Gasteiger partial charge in [-0.2, -0.15) is 0 Å². The number of aromatic nitrogens is 3. The summed E-state index contributed by atoms with van der Waals surface area (Å²) < 4.78 is 3.28. The predicted octanol–water partition coefficient (Wildman–Crippen LogP) is 3.60. The quantitative estimate of drug-likeness (QED) is 0.842. The average molecular weight is 394 g/mol. The number of nitrogens with one attached hydrogen (secondary N) is 1. The Labute approximate surface area is 153 Å². The fourth-order valence-electron chi connectivity index (χ4n) is 3.73. The maximum absolute atomic E-state index is 5.00. The summed E-state index contributed by atoms with van der Waals surface area (Å²) in [6.07, 6.45) is 4.16. The van der Waals surface area contributed by atoms with E-state index in [-0.39, 0.29) is 0 Å². The Bertz CT molecular complexity index is 683. The van der Waals surface area contributed by atoms with E-state index in [1.165, 1.54) is 5.82 Å². The van der Waals surface area contributed by atoms with Crippen LogP contribution in [0.4, 0.5) is 0 Å². The summed E-state index contributed by atoms with van der Waals surface area (Å²) in [6.45, 7) is 12.1. The number of nitrogens with zero attached hydrogens (tertiary/aromatic N) is 4. The van der Waals surface area contributed by atoms with Crippen molar-refractivity contribution in [1.82, 2.24) is 24.8 Å². The number of hydrogen-bond acceptors (Lipinski definition) is 4. The van der Waals surface area contributed by atoms with Gasteiger partial charge in [0.25, 0.3) is 0 Å². The van der Waals surface area contributed by atoms with Crippen LogP contribution >= 0.6 is 15.9 Å². The van der Waals surface area contributed by atoms with E-state index in [1.807, 2.05) is 6.20 Å². The van der Waals surface area contributed by atoms with Crippen LogP contribution in [0.5, 0.6) is 0 Å². The van der Waals surface area contributed by atoms with Crippen LogP contribution in [0, 0.1) is 5.92 Å². The molecule has 0 aromatic carbocycles. The molecule has 0 aliphatic carbocycles. The third-order valence-electron chi connectivity index (χ3n) is 4.81. The minimum Gasteiger partial charge on any atom is -0.315 e. The van der Waals surface area contributed by atoms with Crippen molar-refractivity contribution >= 4 is 27.1 Å². The normalized spacial score (nSPS) is 21.1. The van der Waals surface area contributed by atoms with Gasteiger partial charge in [-0.15, -0.1) is 0 Å². The lowest BCUT2D eigenvalue weighted by atomic mass is 10.1. The molecule has 3 rings (SSSR count). The zero-order chi connectivity index (χ0) is 17.1. The van der Waals surface area contributed by atoms with Gasteiger partial charge in [0.2, 0.25) is 0 Å². The van der Waals surface area contributed by atoms with Gasteiger partial charge in [-0.1, -0.05) is 20.3 Å². The molecule has 2 aromatic heterocycles. The van der Waals surface area contributed by atoms with Gasteiger partial charge < -0.3 is 9.88 Å². The van der Waals surface area contributed by atoms with Crippen LogP contribution in [0.1, 0.15) is 45.5 Å². The van der Waals surface area contributed by atoms with E-state index < -0.39 is 0 Å². The first-order chi connectivity index (χ1) is 11.6. The summed E-state index contributed by atoms with van der Waals surface area (Å²) >= 11 is 3.52. The molecule has 0 bridgehead atoms. The van der Waals surface area contributed by atoms with E-state index >= 15 is 0 Å². The summed E-state index contributed by atoms with van der Waals surface area (Å²) in [5, 5.41) is 3.55. The fourth-order valence-corrected chi connectivity index (χ4v) is 4.05. The maximum Gasteiger partial charge on any atom is 0.160 e. The van der Waals surface area contributed by atoms with Gasteiger partial charge in [-0.05, 0) is 47.8 Å². The Balaban J connectivity index is 2.02. The average Bonchev–Trinajstić information content (AvgIpc) is 2.77. The zero-order valence-electron chi connectivity index (χ0n) is 14.9. The number of halogens is 1. The Kier molecular flexibility index (Phi) is 5.89. The molecule has 6 heteroatoms. The first-order valence-electron chi connectivity index (χ1n) is 9.10. The molecule has 24 heavy (non-hydrogen) atoms. The van der Waals surface area contributed by atoms with Crippen LogP contribution in [0.25, 0.3) is 11.2 Å². The van der Waals surface area contributed by atoms with Crippen molar-refractivity contribution in [2.24, 2.45) is 5.92 Å². The molecule has 1 N–H and O–H groups in total. The van der Waals surface area contributed by atoms with Crippen molar-refractivity contribution in [1.29, 1.82) is 0 Å². The molecule has 0 spiro atoms. The number of rotatable bonds is 5. The molecular weight excluding hydrogens is 366 g/mol. The second-order valence-corrected chi connectivity index (χ2v) is 7.73. The summed E-state index contributed by atoms with van der Waals surface area (Å²) in [6, 6.07) is 2.44. The molecule has 2 atom stereocenters. The Morgan fingerprint density at radius 1 is 1.42 bits per heavy atom. The first kappa shape index (κ1) is 17.8. The van der Waals surface area contributed by atoms with Crippen LogP contribution in [-0.2, 0) is 6.54 Å². The van der Waals surface area contributed by atoms with Crippen molar-refractivity contribution in [2.75, 3.05) is 26.2 Å². The standard InChI is InChI=1S/C18H28BrN5/c1-4-6-16(23-8-7-20-10-13(3)12-23)18-22-15-9-14(19)11-21-17(15)24(18)5-2/h9,11,13,16,20H,4-8,10,12H2,1-3H3/t13-,16-/m0/s1. The van der Waals surface area contributed by atoms with E-state index in [2.05, 4.69) is 62.5 Å². The minimum absolute atomic E-state index is 0.366. The van der Waals surface area contributed by atoms with Crippen LogP contribution in [-0.4, -0.2) is 45.6 Å². The molecule has 0 saturated carbocycles. The van der Waals surface area contributed by atoms with Gasteiger partial charge in [0.05, 0.1) is 6.04 Å². The summed E-state index contributed by atoms with van der Waals surface area (Å²) in [4.78, 5) is 12.2. The van der Waals surface area contributed by atoms with E-state index in [0.717, 1.165) is 61.2 Å². The molecule has 1 saturated heterocycles. The van der Waals surface area contributed by atoms with Gasteiger partial charge in [0.15, 0.2) is 5.65 Å². The van der Waals surface area contributed by atoms with Crippen molar-refractivity contribution in [2.45, 2.75) is 46.2 Å². The Hall–Kier alpha value is -0.980. The van der Waals surface area contributed by atoms with E-state index in [1.54, 1.807) is 0 Å². The summed E-state index contributed by atoms with van der Waals surface area (Å²) in [7, 11) is 0. The summed E-state index contributed by atoms with van der Waals surface area (Å²) in [5.74, 6) is 1.84.